The van der Waals surface area contributed by atoms with Gasteiger partial charge in [-0.3, -0.25) is 4.79 Å². The van der Waals surface area contributed by atoms with E-state index in [9.17, 15) is 18.0 Å². The highest BCUT2D eigenvalue weighted by atomic mass is 35.5. The minimum absolute atomic E-state index is 0.0393. The summed E-state index contributed by atoms with van der Waals surface area (Å²) in [4.78, 5) is 21.2. The zero-order valence-electron chi connectivity index (χ0n) is 15.1. The molecule has 3 rings (SSSR count). The lowest BCUT2D eigenvalue weighted by atomic mass is 10.2. The molecule has 1 aliphatic rings. The van der Waals surface area contributed by atoms with Gasteiger partial charge >= 0.3 is 6.18 Å². The van der Waals surface area contributed by atoms with Crippen molar-refractivity contribution in [2.24, 2.45) is 0 Å². The fourth-order valence-electron chi connectivity index (χ4n) is 2.97. The van der Waals surface area contributed by atoms with E-state index < -0.39 is 11.7 Å². The molecular formula is C19H19ClF3N3OS. The number of hydrogen-bond acceptors (Lipinski definition) is 4. The van der Waals surface area contributed by atoms with Crippen LogP contribution in [0.5, 0.6) is 0 Å². The minimum atomic E-state index is -4.48. The highest BCUT2D eigenvalue weighted by Crippen LogP contribution is 2.34. The van der Waals surface area contributed by atoms with E-state index in [4.69, 9.17) is 11.6 Å². The lowest BCUT2D eigenvalue weighted by molar-refractivity contribution is -0.137. The van der Waals surface area contributed by atoms with Crippen molar-refractivity contribution in [2.75, 3.05) is 31.1 Å². The van der Waals surface area contributed by atoms with Crippen LogP contribution in [0.3, 0.4) is 0 Å². The summed E-state index contributed by atoms with van der Waals surface area (Å²) in [6, 6.07) is 10.6. The predicted octanol–water partition coefficient (Wildman–Crippen LogP) is 4.58. The van der Waals surface area contributed by atoms with Crippen LogP contribution in [-0.2, 0) is 11.0 Å². The van der Waals surface area contributed by atoms with Crippen molar-refractivity contribution in [3.05, 3.63) is 53.2 Å². The quantitative estimate of drug-likeness (QED) is 0.666. The van der Waals surface area contributed by atoms with Gasteiger partial charge in [0.2, 0.25) is 5.91 Å². The highest BCUT2D eigenvalue weighted by Gasteiger charge is 2.33. The van der Waals surface area contributed by atoms with Crippen LogP contribution in [0, 0.1) is 0 Å². The van der Waals surface area contributed by atoms with Gasteiger partial charge in [0.15, 0.2) is 0 Å². The normalized spacial score (nSPS) is 16.2. The third-order valence-electron chi connectivity index (χ3n) is 4.44. The molecule has 0 aliphatic carbocycles. The van der Waals surface area contributed by atoms with Gasteiger partial charge in [-0.15, -0.1) is 11.8 Å². The fraction of sp³-hybridized carbons (Fsp3) is 0.368. The minimum Gasteiger partial charge on any atom is -0.352 e. The predicted molar refractivity (Wildman–Crippen MR) is 105 cm³/mol. The Balaban J connectivity index is 1.59. The Bertz CT molecular complexity index is 827. The van der Waals surface area contributed by atoms with Gasteiger partial charge in [-0.1, -0.05) is 29.8 Å². The molecule has 2 aromatic rings. The molecule has 1 saturated heterocycles. The van der Waals surface area contributed by atoms with Crippen molar-refractivity contribution in [1.29, 1.82) is 0 Å². The number of halogens is 4. The molecule has 1 amide bonds. The lowest BCUT2D eigenvalue weighted by Gasteiger charge is -2.36. The van der Waals surface area contributed by atoms with Crippen molar-refractivity contribution in [1.82, 2.24) is 9.88 Å². The van der Waals surface area contributed by atoms with E-state index in [1.165, 1.54) is 11.8 Å². The Morgan fingerprint density at radius 1 is 1.18 bits per heavy atom. The van der Waals surface area contributed by atoms with Crippen molar-refractivity contribution < 1.29 is 18.0 Å². The molecule has 0 N–H and O–H groups in total. The standard InChI is InChI=1S/C19H19ClF3N3OS/c1-13(28-15-5-3-2-4-6-15)18(27)26-9-7-25(8-10-26)17-16(20)11-14(12-24-17)19(21,22)23/h2-6,11-13H,7-10H2,1H3/t13-/m0/s1. The van der Waals surface area contributed by atoms with Crippen molar-refractivity contribution >= 4 is 35.1 Å². The number of carbonyl (C=O) groups is 1. The number of alkyl halides is 3. The number of hydrogen-bond donors (Lipinski definition) is 0. The smallest absolute Gasteiger partial charge is 0.352 e. The van der Waals surface area contributed by atoms with Crippen molar-refractivity contribution in [3.8, 4) is 0 Å². The van der Waals surface area contributed by atoms with E-state index in [-0.39, 0.29) is 16.2 Å². The monoisotopic (exact) mass is 429 g/mol. The van der Waals surface area contributed by atoms with Crippen LogP contribution in [0.2, 0.25) is 5.02 Å². The largest absolute Gasteiger partial charge is 0.417 e. The van der Waals surface area contributed by atoms with Crippen LogP contribution >= 0.6 is 23.4 Å². The molecule has 28 heavy (non-hydrogen) atoms. The summed E-state index contributed by atoms with van der Waals surface area (Å²) in [5.41, 5.74) is -0.873. The number of thioether (sulfide) groups is 1. The molecule has 0 spiro atoms. The number of amides is 1. The Kier molecular flexibility index (Phi) is 6.40. The molecule has 9 heteroatoms. The van der Waals surface area contributed by atoms with Crippen LogP contribution in [0.1, 0.15) is 12.5 Å². The fourth-order valence-corrected chi connectivity index (χ4v) is 4.23. The number of rotatable bonds is 4. The number of carbonyl (C=O) groups excluding carboxylic acids is 1. The van der Waals surface area contributed by atoms with E-state index in [0.717, 1.165) is 17.2 Å². The summed E-state index contributed by atoms with van der Waals surface area (Å²) in [6.07, 6.45) is -3.69. The first-order valence-corrected chi connectivity index (χ1v) is 9.99. The molecule has 1 aliphatic heterocycles. The molecule has 0 radical (unpaired) electrons. The molecule has 1 aromatic heterocycles. The highest BCUT2D eigenvalue weighted by molar-refractivity contribution is 8.00. The first-order chi connectivity index (χ1) is 13.3. The summed E-state index contributed by atoms with van der Waals surface area (Å²) >= 11 is 7.52. The summed E-state index contributed by atoms with van der Waals surface area (Å²) < 4.78 is 38.3. The Morgan fingerprint density at radius 3 is 2.39 bits per heavy atom. The van der Waals surface area contributed by atoms with Gasteiger partial charge < -0.3 is 9.80 Å². The Hall–Kier alpha value is -1.93. The third-order valence-corrected chi connectivity index (χ3v) is 5.82. The number of aromatic nitrogens is 1. The van der Waals surface area contributed by atoms with Crippen LogP contribution < -0.4 is 4.90 Å². The maximum Gasteiger partial charge on any atom is 0.417 e. The van der Waals surface area contributed by atoms with E-state index in [1.807, 2.05) is 37.3 Å². The van der Waals surface area contributed by atoms with E-state index in [1.54, 1.807) is 9.80 Å². The van der Waals surface area contributed by atoms with Gasteiger partial charge in [0.25, 0.3) is 0 Å². The summed E-state index contributed by atoms with van der Waals surface area (Å²) in [6.45, 7) is 3.74. The maximum absolute atomic E-state index is 12.8. The van der Waals surface area contributed by atoms with Crippen molar-refractivity contribution in [2.45, 2.75) is 23.2 Å². The van der Waals surface area contributed by atoms with Crippen LogP contribution in [0.25, 0.3) is 0 Å². The molecule has 0 unspecified atom stereocenters. The Labute approximate surface area is 170 Å². The topological polar surface area (TPSA) is 36.4 Å². The molecule has 150 valence electrons. The molecule has 4 nitrogen and oxygen atoms in total. The van der Waals surface area contributed by atoms with Gasteiger partial charge in [0.05, 0.1) is 15.8 Å². The molecule has 1 atom stereocenters. The SMILES string of the molecule is C[C@H](Sc1ccccc1)C(=O)N1CCN(c2ncc(C(F)(F)F)cc2Cl)CC1. The van der Waals surface area contributed by atoms with Crippen LogP contribution in [0.15, 0.2) is 47.5 Å². The zero-order valence-corrected chi connectivity index (χ0v) is 16.7. The van der Waals surface area contributed by atoms with Crippen LogP contribution in [0.4, 0.5) is 19.0 Å². The van der Waals surface area contributed by atoms with Gasteiger partial charge in [0, 0.05) is 37.3 Å². The third kappa shape index (κ3) is 4.91. The van der Waals surface area contributed by atoms with Gasteiger partial charge in [-0.05, 0) is 25.1 Å². The van der Waals surface area contributed by atoms with E-state index >= 15 is 0 Å². The zero-order chi connectivity index (χ0) is 20.3. The summed E-state index contributed by atoms with van der Waals surface area (Å²) in [5.74, 6) is 0.355. The maximum atomic E-state index is 12.8. The summed E-state index contributed by atoms with van der Waals surface area (Å²) in [7, 11) is 0. The molecule has 0 bridgehead atoms. The average molecular weight is 430 g/mol. The second-order valence-corrected chi connectivity index (χ2v) is 8.23. The number of piperazine rings is 1. The van der Waals surface area contributed by atoms with Crippen molar-refractivity contribution in [3.63, 3.8) is 0 Å². The summed E-state index contributed by atoms with van der Waals surface area (Å²) in [5, 5.41) is -0.260. The number of anilines is 1. The molecule has 0 saturated carbocycles. The molecule has 2 heterocycles. The van der Waals surface area contributed by atoms with Crippen LogP contribution in [-0.4, -0.2) is 47.2 Å². The van der Waals surface area contributed by atoms with Gasteiger partial charge in [-0.2, -0.15) is 13.2 Å². The Morgan fingerprint density at radius 2 is 1.82 bits per heavy atom. The lowest BCUT2D eigenvalue weighted by Crippen LogP contribution is -2.51. The first-order valence-electron chi connectivity index (χ1n) is 8.74. The molecule has 1 fully saturated rings. The van der Waals surface area contributed by atoms with Gasteiger partial charge in [0.1, 0.15) is 5.82 Å². The van der Waals surface area contributed by atoms with E-state index in [0.29, 0.717) is 32.0 Å². The number of pyridine rings is 1. The first kappa shape index (κ1) is 20.8. The molecular weight excluding hydrogens is 411 g/mol. The average Bonchev–Trinajstić information content (AvgIpc) is 2.67. The number of benzene rings is 1. The number of nitrogens with zero attached hydrogens (tertiary/aromatic N) is 3. The second-order valence-electron chi connectivity index (χ2n) is 6.41. The molecule has 1 aromatic carbocycles. The van der Waals surface area contributed by atoms with Gasteiger partial charge in [-0.25, -0.2) is 4.98 Å². The second kappa shape index (κ2) is 8.61. The van der Waals surface area contributed by atoms with E-state index in [2.05, 4.69) is 4.98 Å².